The predicted molar refractivity (Wildman–Crippen MR) is 234 cm³/mol. The van der Waals surface area contributed by atoms with Gasteiger partial charge < -0.3 is 39.4 Å². The highest BCUT2D eigenvalue weighted by Gasteiger charge is 2.47. The number of ether oxygens (including phenoxy) is 4. The van der Waals surface area contributed by atoms with Crippen LogP contribution in [0.5, 0.6) is 0 Å². The molecule has 1 rings (SSSR count). The molecule has 0 aromatic carbocycles. The zero-order chi connectivity index (χ0) is 43.2. The van der Waals surface area contributed by atoms with Gasteiger partial charge in [0.1, 0.15) is 24.9 Å². The lowest BCUT2D eigenvalue weighted by molar-refractivity contribution is -0.298. The number of hydrogen-bond donors (Lipinski definition) is 4. The highest BCUT2D eigenvalue weighted by molar-refractivity contribution is 5.73. The molecule has 59 heavy (non-hydrogen) atoms. The van der Waals surface area contributed by atoms with Gasteiger partial charge in [0, 0.05) is 6.42 Å². The molecule has 0 aromatic rings. The molecule has 0 spiro atoms. The van der Waals surface area contributed by atoms with Crippen molar-refractivity contribution in [3.63, 3.8) is 0 Å². The highest BCUT2D eigenvalue weighted by atomic mass is 16.7. The van der Waals surface area contributed by atoms with Crippen LogP contribution in [0.15, 0.2) is 60.8 Å². The SMILES string of the molecule is CC/C=C\C/C=C\C/C=C\C/C=C\C/C=C\CC(=O)OCC(COC1OC(C(=O)O)C(O)C(O)C1O)OC(=O)CCCCCCCCCCCCCCCCCCCC. The second-order valence-corrected chi connectivity index (χ2v) is 15.5. The lowest BCUT2D eigenvalue weighted by Crippen LogP contribution is -2.60. The van der Waals surface area contributed by atoms with Gasteiger partial charge in [-0.2, -0.15) is 0 Å². The van der Waals surface area contributed by atoms with E-state index >= 15 is 0 Å². The quantitative estimate of drug-likeness (QED) is 0.0267. The largest absolute Gasteiger partial charge is 0.479 e. The number of aliphatic carboxylic acids is 1. The second kappa shape index (κ2) is 37.9. The van der Waals surface area contributed by atoms with Crippen molar-refractivity contribution in [3.05, 3.63) is 60.8 Å². The monoisotopic (exact) mass is 833 g/mol. The first-order valence-electron chi connectivity index (χ1n) is 22.8. The van der Waals surface area contributed by atoms with Crippen molar-refractivity contribution in [1.29, 1.82) is 0 Å². The Hall–Kier alpha value is -3.09. The topological polar surface area (TPSA) is 169 Å². The molecule has 6 atom stereocenters. The van der Waals surface area contributed by atoms with Crippen molar-refractivity contribution < 1.29 is 53.8 Å². The van der Waals surface area contributed by atoms with E-state index in [0.717, 1.165) is 44.9 Å². The molecule has 0 bridgehead atoms. The molecule has 338 valence electrons. The van der Waals surface area contributed by atoms with E-state index in [0.29, 0.717) is 12.8 Å². The molecule has 6 unspecified atom stereocenters. The Morgan fingerprint density at radius 2 is 0.983 bits per heavy atom. The van der Waals surface area contributed by atoms with Crippen molar-refractivity contribution in [2.24, 2.45) is 0 Å². The van der Waals surface area contributed by atoms with E-state index in [1.54, 1.807) is 6.08 Å². The third-order valence-corrected chi connectivity index (χ3v) is 10.2. The van der Waals surface area contributed by atoms with Crippen LogP contribution in [0.4, 0.5) is 0 Å². The van der Waals surface area contributed by atoms with Gasteiger partial charge in [0.25, 0.3) is 0 Å². The molecule has 1 aliphatic rings. The summed E-state index contributed by atoms with van der Waals surface area (Å²) < 4.78 is 21.6. The third kappa shape index (κ3) is 29.7. The van der Waals surface area contributed by atoms with Crippen LogP contribution in [0.1, 0.15) is 174 Å². The molecular formula is C48H80O11. The Balaban J connectivity index is 2.41. The van der Waals surface area contributed by atoms with E-state index in [1.165, 1.54) is 89.9 Å². The summed E-state index contributed by atoms with van der Waals surface area (Å²) in [6, 6.07) is 0. The van der Waals surface area contributed by atoms with Crippen LogP contribution in [0.2, 0.25) is 0 Å². The molecule has 0 amide bonds. The number of carbonyl (C=O) groups is 3. The summed E-state index contributed by atoms with van der Waals surface area (Å²) in [6.45, 7) is 3.61. The van der Waals surface area contributed by atoms with Crippen LogP contribution >= 0.6 is 0 Å². The van der Waals surface area contributed by atoms with Crippen molar-refractivity contribution in [2.45, 2.75) is 211 Å². The molecule has 0 aromatic heterocycles. The summed E-state index contributed by atoms with van der Waals surface area (Å²) in [6.07, 6.45) is 37.3. The van der Waals surface area contributed by atoms with Gasteiger partial charge in [-0.3, -0.25) is 9.59 Å². The number of aliphatic hydroxyl groups excluding tert-OH is 3. The highest BCUT2D eigenvalue weighted by Crippen LogP contribution is 2.23. The maximum absolute atomic E-state index is 12.8. The van der Waals surface area contributed by atoms with Crippen LogP contribution in [0, 0.1) is 0 Å². The van der Waals surface area contributed by atoms with Gasteiger partial charge >= 0.3 is 17.9 Å². The number of carboxylic acids is 1. The fraction of sp³-hybridized carbons (Fsp3) is 0.729. The van der Waals surface area contributed by atoms with E-state index in [9.17, 15) is 34.8 Å². The number of carboxylic acid groups (broad SMARTS) is 1. The van der Waals surface area contributed by atoms with Gasteiger partial charge in [-0.05, 0) is 38.5 Å². The molecule has 11 nitrogen and oxygen atoms in total. The number of carbonyl (C=O) groups excluding carboxylic acids is 2. The van der Waals surface area contributed by atoms with Crippen LogP contribution in [-0.2, 0) is 33.3 Å². The Labute approximate surface area is 356 Å². The van der Waals surface area contributed by atoms with E-state index in [4.69, 9.17) is 18.9 Å². The zero-order valence-corrected chi connectivity index (χ0v) is 36.5. The number of rotatable bonds is 37. The summed E-state index contributed by atoms with van der Waals surface area (Å²) in [4.78, 5) is 36.8. The zero-order valence-electron chi connectivity index (χ0n) is 36.5. The summed E-state index contributed by atoms with van der Waals surface area (Å²) in [7, 11) is 0. The third-order valence-electron chi connectivity index (χ3n) is 10.2. The Morgan fingerprint density at radius 3 is 1.44 bits per heavy atom. The van der Waals surface area contributed by atoms with Gasteiger partial charge in [0.05, 0.1) is 13.0 Å². The normalized spacial score (nSPS) is 20.5. The molecular weight excluding hydrogens is 753 g/mol. The summed E-state index contributed by atoms with van der Waals surface area (Å²) in [5.41, 5.74) is 0. The molecule has 0 radical (unpaired) electrons. The molecule has 1 aliphatic heterocycles. The Kier molecular flexibility index (Phi) is 34.6. The van der Waals surface area contributed by atoms with Gasteiger partial charge in [0.2, 0.25) is 0 Å². The van der Waals surface area contributed by atoms with E-state index in [1.807, 2.05) is 12.2 Å². The number of aliphatic hydroxyl groups is 3. The van der Waals surface area contributed by atoms with Crippen molar-refractivity contribution in [1.82, 2.24) is 0 Å². The minimum Gasteiger partial charge on any atom is -0.479 e. The van der Waals surface area contributed by atoms with Crippen LogP contribution in [-0.4, -0.2) is 88.4 Å². The molecule has 0 saturated carbocycles. The first kappa shape index (κ1) is 53.9. The first-order chi connectivity index (χ1) is 28.7. The van der Waals surface area contributed by atoms with E-state index in [2.05, 4.69) is 56.4 Å². The summed E-state index contributed by atoms with van der Waals surface area (Å²) in [5.74, 6) is -2.60. The van der Waals surface area contributed by atoms with Crippen LogP contribution < -0.4 is 0 Å². The first-order valence-corrected chi connectivity index (χ1v) is 22.8. The fourth-order valence-corrected chi connectivity index (χ4v) is 6.60. The van der Waals surface area contributed by atoms with E-state index in [-0.39, 0.29) is 19.4 Å². The van der Waals surface area contributed by atoms with Crippen LogP contribution in [0.3, 0.4) is 0 Å². The van der Waals surface area contributed by atoms with Gasteiger partial charge in [0.15, 0.2) is 18.5 Å². The minimum atomic E-state index is -1.87. The maximum Gasteiger partial charge on any atom is 0.335 e. The predicted octanol–water partition coefficient (Wildman–Crippen LogP) is 9.92. The molecule has 4 N–H and O–H groups in total. The molecule has 1 fully saturated rings. The number of esters is 2. The molecule has 0 aliphatic carbocycles. The molecule has 1 saturated heterocycles. The lowest BCUT2D eigenvalue weighted by Gasteiger charge is -2.38. The summed E-state index contributed by atoms with van der Waals surface area (Å²) >= 11 is 0. The molecule has 1 heterocycles. The Morgan fingerprint density at radius 1 is 0.542 bits per heavy atom. The lowest BCUT2D eigenvalue weighted by atomic mass is 9.99. The van der Waals surface area contributed by atoms with Crippen molar-refractivity contribution in [2.75, 3.05) is 13.2 Å². The summed E-state index contributed by atoms with van der Waals surface area (Å²) in [5, 5.41) is 39.8. The van der Waals surface area contributed by atoms with Gasteiger partial charge in [-0.15, -0.1) is 0 Å². The Bertz CT molecular complexity index is 1210. The average Bonchev–Trinajstić information content (AvgIpc) is 3.22. The number of unbranched alkanes of at least 4 members (excludes halogenated alkanes) is 17. The van der Waals surface area contributed by atoms with Crippen molar-refractivity contribution in [3.8, 4) is 0 Å². The number of allylic oxidation sites excluding steroid dienone is 9. The maximum atomic E-state index is 12.8. The smallest absolute Gasteiger partial charge is 0.335 e. The van der Waals surface area contributed by atoms with Gasteiger partial charge in [-0.1, -0.05) is 184 Å². The standard InChI is InChI=1S/C48H80O11/c1-3-5-7-9-11-13-15-17-19-20-21-23-25-27-29-31-33-35-37-42(50)58-40(39-57-48-45(53)43(51)44(52)46(59-48)47(54)55)38-56-41(49)36-34-32-30-28-26-24-22-18-16-14-12-10-8-6-4-2/h6,8,12,14,18,22,26,28,32,34,40,43-46,48,51-53H,3-5,7,9-11,13,15-17,19-21,23-25,27,29-31,33,35-39H2,1-2H3,(H,54,55)/b8-6-,14-12-,22-18-,28-26-,34-32-. The van der Waals surface area contributed by atoms with E-state index < -0.39 is 61.3 Å². The van der Waals surface area contributed by atoms with Crippen molar-refractivity contribution >= 4 is 17.9 Å². The minimum absolute atomic E-state index is 0.00315. The second-order valence-electron chi connectivity index (χ2n) is 15.5. The van der Waals surface area contributed by atoms with Crippen LogP contribution in [0.25, 0.3) is 0 Å². The number of hydrogen-bond acceptors (Lipinski definition) is 10. The van der Waals surface area contributed by atoms with Gasteiger partial charge in [-0.25, -0.2) is 4.79 Å². The molecule has 11 heteroatoms. The average molecular weight is 833 g/mol. The fourth-order valence-electron chi connectivity index (χ4n) is 6.60.